The van der Waals surface area contributed by atoms with Crippen molar-refractivity contribution in [1.82, 2.24) is 15.1 Å². The summed E-state index contributed by atoms with van der Waals surface area (Å²) in [5, 5.41) is 3.73. The van der Waals surface area contributed by atoms with E-state index in [-0.39, 0.29) is 30.1 Å². The normalized spacial score (nSPS) is 22.6. The first-order chi connectivity index (χ1) is 16.0. The fourth-order valence-electron chi connectivity index (χ4n) is 5.29. The molecule has 180 valence electrons. The summed E-state index contributed by atoms with van der Waals surface area (Å²) in [5.74, 6) is -0.601. The number of hydrogen-bond acceptors (Lipinski definition) is 5. The van der Waals surface area contributed by atoms with Crippen molar-refractivity contribution in [3.63, 3.8) is 0 Å². The van der Waals surface area contributed by atoms with Crippen molar-refractivity contribution in [3.05, 3.63) is 29.3 Å². The molecule has 1 saturated carbocycles. The minimum absolute atomic E-state index is 0.0957. The molecule has 8 heteroatoms. The van der Waals surface area contributed by atoms with E-state index in [9.17, 15) is 14.4 Å². The lowest BCUT2D eigenvalue weighted by Gasteiger charge is -2.36. The Morgan fingerprint density at radius 1 is 1.03 bits per heavy atom. The molecule has 4 rings (SSSR count). The molecule has 0 radical (unpaired) electrons. The fraction of sp³-hybridized carbons (Fsp3) is 0.640. The highest BCUT2D eigenvalue weighted by molar-refractivity contribution is 6.30. The molecule has 1 aromatic rings. The van der Waals surface area contributed by atoms with Crippen molar-refractivity contribution < 1.29 is 14.4 Å². The first-order valence-corrected chi connectivity index (χ1v) is 12.8. The Kier molecular flexibility index (Phi) is 8.25. The van der Waals surface area contributed by atoms with E-state index in [1.165, 1.54) is 4.90 Å². The predicted molar refractivity (Wildman–Crippen MR) is 129 cm³/mol. The number of imide groups is 1. The molecule has 0 aromatic heterocycles. The van der Waals surface area contributed by atoms with Crippen LogP contribution in [0.15, 0.2) is 24.3 Å². The molecule has 0 spiro atoms. The summed E-state index contributed by atoms with van der Waals surface area (Å²) in [6, 6.07) is 7.33. The number of anilines is 1. The highest BCUT2D eigenvalue weighted by Crippen LogP contribution is 2.29. The quantitative estimate of drug-likeness (QED) is 0.485. The fourth-order valence-corrected chi connectivity index (χ4v) is 5.47. The molecule has 1 atom stereocenters. The van der Waals surface area contributed by atoms with Gasteiger partial charge in [-0.1, -0.05) is 36.9 Å². The van der Waals surface area contributed by atoms with Gasteiger partial charge in [-0.2, -0.15) is 0 Å². The first-order valence-electron chi connectivity index (χ1n) is 12.4. The van der Waals surface area contributed by atoms with Crippen LogP contribution in [0.3, 0.4) is 0 Å². The molecule has 3 aliphatic rings. The van der Waals surface area contributed by atoms with E-state index in [2.05, 4.69) is 21.2 Å². The maximum Gasteiger partial charge on any atom is 0.243 e. The standard InChI is InChI=1S/C25H35ClN4O3/c26-20-8-4-9-21(18-20)29-16-14-28(15-17-29)13-5-12-27-24(32)22-10-11-23(31)30(22)25(33)19-6-2-1-3-7-19/h4,8-9,18-19,22H,1-3,5-7,10-17H2,(H,27,32). The molecule has 2 heterocycles. The lowest BCUT2D eigenvalue weighted by Crippen LogP contribution is -2.50. The molecule has 33 heavy (non-hydrogen) atoms. The van der Waals surface area contributed by atoms with Gasteiger partial charge in [-0.05, 0) is 50.4 Å². The number of nitrogens with zero attached hydrogens (tertiary/aromatic N) is 3. The summed E-state index contributed by atoms with van der Waals surface area (Å²) in [6.07, 6.45) is 6.45. The van der Waals surface area contributed by atoms with Gasteiger partial charge in [0.25, 0.3) is 0 Å². The third kappa shape index (κ3) is 6.07. The van der Waals surface area contributed by atoms with Crippen molar-refractivity contribution in [1.29, 1.82) is 0 Å². The molecule has 1 N–H and O–H groups in total. The second-order valence-electron chi connectivity index (χ2n) is 9.44. The summed E-state index contributed by atoms with van der Waals surface area (Å²) >= 11 is 6.11. The molecule has 3 amide bonds. The lowest BCUT2D eigenvalue weighted by atomic mass is 9.88. The lowest BCUT2D eigenvalue weighted by molar-refractivity contribution is -0.151. The Balaban J connectivity index is 1.18. The van der Waals surface area contributed by atoms with E-state index in [1.807, 2.05) is 18.2 Å². The second-order valence-corrected chi connectivity index (χ2v) is 9.88. The number of hydrogen-bond donors (Lipinski definition) is 1. The third-order valence-electron chi connectivity index (χ3n) is 7.20. The average molecular weight is 475 g/mol. The summed E-state index contributed by atoms with van der Waals surface area (Å²) in [4.78, 5) is 44.1. The van der Waals surface area contributed by atoms with Crippen LogP contribution in [0.5, 0.6) is 0 Å². The summed E-state index contributed by atoms with van der Waals surface area (Å²) in [6.45, 7) is 5.33. The van der Waals surface area contributed by atoms with Crippen LogP contribution in [0.2, 0.25) is 5.02 Å². The monoisotopic (exact) mass is 474 g/mol. The van der Waals surface area contributed by atoms with Crippen LogP contribution in [0.25, 0.3) is 0 Å². The molecule has 1 unspecified atom stereocenters. The summed E-state index contributed by atoms with van der Waals surface area (Å²) in [5.41, 5.74) is 1.16. The molecule has 0 bridgehead atoms. The number of benzene rings is 1. The average Bonchev–Trinajstić information content (AvgIpc) is 3.23. The highest BCUT2D eigenvalue weighted by Gasteiger charge is 2.42. The van der Waals surface area contributed by atoms with Crippen molar-refractivity contribution >= 4 is 35.0 Å². The van der Waals surface area contributed by atoms with Crippen LogP contribution in [-0.4, -0.2) is 72.8 Å². The van der Waals surface area contributed by atoms with Gasteiger partial charge in [0.05, 0.1) is 0 Å². The number of halogens is 1. The number of likely N-dealkylation sites (tertiary alicyclic amines) is 1. The number of rotatable bonds is 7. The van der Waals surface area contributed by atoms with Gasteiger partial charge in [-0.25, -0.2) is 0 Å². The molecular weight excluding hydrogens is 440 g/mol. The molecule has 2 saturated heterocycles. The molecule has 1 aliphatic carbocycles. The Morgan fingerprint density at radius 3 is 2.52 bits per heavy atom. The van der Waals surface area contributed by atoms with Gasteiger partial charge in [0, 0.05) is 55.8 Å². The highest BCUT2D eigenvalue weighted by atomic mass is 35.5. The summed E-state index contributed by atoms with van der Waals surface area (Å²) in [7, 11) is 0. The van der Waals surface area contributed by atoms with Gasteiger partial charge in [-0.3, -0.25) is 24.2 Å². The largest absolute Gasteiger partial charge is 0.369 e. The van der Waals surface area contributed by atoms with E-state index in [4.69, 9.17) is 11.6 Å². The van der Waals surface area contributed by atoms with E-state index < -0.39 is 6.04 Å². The topological polar surface area (TPSA) is 73.0 Å². The van der Waals surface area contributed by atoms with Gasteiger partial charge >= 0.3 is 0 Å². The van der Waals surface area contributed by atoms with Crippen LogP contribution in [0, 0.1) is 5.92 Å². The van der Waals surface area contributed by atoms with Gasteiger partial charge in [0.15, 0.2) is 0 Å². The van der Waals surface area contributed by atoms with Crippen molar-refractivity contribution in [2.45, 2.75) is 57.4 Å². The van der Waals surface area contributed by atoms with Gasteiger partial charge in [0.1, 0.15) is 6.04 Å². The van der Waals surface area contributed by atoms with Gasteiger partial charge in [-0.15, -0.1) is 0 Å². The van der Waals surface area contributed by atoms with Gasteiger partial charge in [0.2, 0.25) is 17.7 Å². The number of carbonyl (C=O) groups is 3. The maximum absolute atomic E-state index is 12.9. The SMILES string of the molecule is O=C(NCCCN1CCN(c2cccc(Cl)c2)CC1)C1CCC(=O)N1C(=O)C1CCCCC1. The molecular formula is C25H35ClN4O3. The van der Waals surface area contributed by atoms with Crippen molar-refractivity contribution in [3.8, 4) is 0 Å². The smallest absolute Gasteiger partial charge is 0.243 e. The van der Waals surface area contributed by atoms with E-state index >= 15 is 0 Å². The third-order valence-corrected chi connectivity index (χ3v) is 7.44. The Bertz CT molecular complexity index is 850. The van der Waals surface area contributed by atoms with E-state index in [1.54, 1.807) is 0 Å². The Labute approximate surface area is 201 Å². The van der Waals surface area contributed by atoms with Crippen LogP contribution in [-0.2, 0) is 14.4 Å². The number of carbonyl (C=O) groups excluding carboxylic acids is 3. The molecule has 2 aliphatic heterocycles. The Hall–Kier alpha value is -2.12. The zero-order valence-corrected chi connectivity index (χ0v) is 20.1. The zero-order chi connectivity index (χ0) is 23.2. The van der Waals surface area contributed by atoms with Crippen LogP contribution >= 0.6 is 11.6 Å². The predicted octanol–water partition coefficient (Wildman–Crippen LogP) is 3.07. The van der Waals surface area contributed by atoms with Gasteiger partial charge < -0.3 is 10.2 Å². The number of amides is 3. The van der Waals surface area contributed by atoms with Crippen LogP contribution < -0.4 is 10.2 Å². The first kappa shape index (κ1) is 24.0. The minimum Gasteiger partial charge on any atom is -0.369 e. The maximum atomic E-state index is 12.9. The van der Waals surface area contributed by atoms with E-state index in [0.717, 1.165) is 82.0 Å². The number of piperazine rings is 1. The molecule has 1 aromatic carbocycles. The van der Waals surface area contributed by atoms with Crippen molar-refractivity contribution in [2.75, 3.05) is 44.2 Å². The van der Waals surface area contributed by atoms with Crippen LogP contribution in [0.1, 0.15) is 51.4 Å². The summed E-state index contributed by atoms with van der Waals surface area (Å²) < 4.78 is 0. The second kappa shape index (κ2) is 11.3. The Morgan fingerprint density at radius 2 is 1.79 bits per heavy atom. The zero-order valence-electron chi connectivity index (χ0n) is 19.3. The number of nitrogens with one attached hydrogen (secondary N) is 1. The molecule has 7 nitrogen and oxygen atoms in total. The minimum atomic E-state index is -0.631. The van der Waals surface area contributed by atoms with E-state index in [0.29, 0.717) is 13.0 Å². The van der Waals surface area contributed by atoms with Crippen molar-refractivity contribution in [2.24, 2.45) is 5.92 Å². The van der Waals surface area contributed by atoms with Crippen LogP contribution in [0.4, 0.5) is 5.69 Å². The molecule has 3 fully saturated rings.